The molecule has 0 radical (unpaired) electrons. The summed E-state index contributed by atoms with van der Waals surface area (Å²) in [5, 5.41) is 13.2. The van der Waals surface area contributed by atoms with Gasteiger partial charge in [-0.15, -0.1) is 0 Å². The molecule has 12 rings (SSSR count). The summed E-state index contributed by atoms with van der Waals surface area (Å²) in [5.41, 5.74) is 9.70. The van der Waals surface area contributed by atoms with Crippen LogP contribution in [0.3, 0.4) is 0 Å². The normalized spacial score (nSPS) is 11.9. The fourth-order valence-electron chi connectivity index (χ4n) is 9.02. The van der Waals surface area contributed by atoms with Crippen molar-refractivity contribution in [2.45, 2.75) is 0 Å². The van der Waals surface area contributed by atoms with E-state index in [1.54, 1.807) is 0 Å². The van der Waals surface area contributed by atoms with E-state index in [1.165, 1.54) is 54.1 Å². The van der Waals surface area contributed by atoms with Crippen LogP contribution in [0.5, 0.6) is 0 Å². The third-order valence-electron chi connectivity index (χ3n) is 11.7. The lowest BCUT2D eigenvalue weighted by Crippen LogP contribution is -1.99. The molecular formula is C54H33N3. The van der Waals surface area contributed by atoms with E-state index in [0.29, 0.717) is 5.82 Å². The van der Waals surface area contributed by atoms with Gasteiger partial charge in [-0.2, -0.15) is 0 Å². The van der Waals surface area contributed by atoms with Crippen molar-refractivity contribution in [3.8, 4) is 39.5 Å². The molecule has 10 aromatic carbocycles. The van der Waals surface area contributed by atoms with Gasteiger partial charge in [-0.25, -0.2) is 9.97 Å². The first kappa shape index (κ1) is 31.7. The standard InChI is InChI=1S/C54H33N3/c1-2-12-34(13-3-1)40-24-26-46-48(32-40)55-54(56-53(46)41-23-22-35-14-4-5-16-37(35)30-41)45-27-29-49(44-21-11-10-20-43(44)45)57-50-28-25-36-15-8-9-19-42(36)52(50)47-31-38-17-6-7-18-39(38)33-51(47)57/h1-33H. The molecule has 0 aliphatic heterocycles. The minimum Gasteiger partial charge on any atom is -0.309 e. The van der Waals surface area contributed by atoms with E-state index in [4.69, 9.17) is 9.97 Å². The monoisotopic (exact) mass is 723 g/mol. The van der Waals surface area contributed by atoms with Crippen LogP contribution in [0.4, 0.5) is 0 Å². The number of aromatic nitrogens is 3. The first-order valence-corrected chi connectivity index (χ1v) is 19.5. The number of hydrogen-bond acceptors (Lipinski definition) is 2. The Bertz CT molecular complexity index is 3580. The molecule has 0 amide bonds. The summed E-state index contributed by atoms with van der Waals surface area (Å²) >= 11 is 0. The number of rotatable bonds is 4. The molecule has 57 heavy (non-hydrogen) atoms. The van der Waals surface area contributed by atoms with Crippen LogP contribution >= 0.6 is 0 Å². The maximum Gasteiger partial charge on any atom is 0.161 e. The summed E-state index contributed by atoms with van der Waals surface area (Å²) in [5.74, 6) is 0.706. The van der Waals surface area contributed by atoms with Crippen LogP contribution in [0.1, 0.15) is 0 Å². The first-order chi connectivity index (χ1) is 28.2. The van der Waals surface area contributed by atoms with Crippen LogP contribution in [0, 0.1) is 0 Å². The van der Waals surface area contributed by atoms with Gasteiger partial charge >= 0.3 is 0 Å². The van der Waals surface area contributed by atoms with Gasteiger partial charge in [0.1, 0.15) is 0 Å². The van der Waals surface area contributed by atoms with Gasteiger partial charge in [-0.1, -0.05) is 152 Å². The first-order valence-electron chi connectivity index (χ1n) is 19.5. The Morgan fingerprint density at radius 2 is 0.982 bits per heavy atom. The zero-order valence-electron chi connectivity index (χ0n) is 30.9. The van der Waals surface area contributed by atoms with E-state index in [1.807, 2.05) is 0 Å². The quantitative estimate of drug-likeness (QED) is 0.181. The maximum atomic E-state index is 5.44. The lowest BCUT2D eigenvalue weighted by Gasteiger charge is -2.16. The fourth-order valence-corrected chi connectivity index (χ4v) is 9.02. The molecule has 12 aromatic rings. The zero-order valence-corrected chi connectivity index (χ0v) is 30.9. The summed E-state index contributed by atoms with van der Waals surface area (Å²) in [6, 6.07) is 72.2. The van der Waals surface area contributed by atoms with E-state index < -0.39 is 0 Å². The molecule has 0 unspecified atom stereocenters. The SMILES string of the molecule is c1ccc(-c2ccc3c(-c4ccc5ccccc5c4)nc(-c4ccc(-n5c6cc7ccccc7cc6c6c7ccccc7ccc65)c5ccccc45)nc3c2)cc1. The summed E-state index contributed by atoms with van der Waals surface area (Å²) in [4.78, 5) is 10.8. The molecule has 264 valence electrons. The van der Waals surface area contributed by atoms with Crippen molar-refractivity contribution in [3.05, 3.63) is 200 Å². The second kappa shape index (κ2) is 12.5. The maximum absolute atomic E-state index is 5.44. The molecule has 0 aliphatic rings. The second-order valence-corrected chi connectivity index (χ2v) is 15.0. The van der Waals surface area contributed by atoms with Crippen LogP contribution in [0.15, 0.2) is 200 Å². The smallest absolute Gasteiger partial charge is 0.161 e. The summed E-state index contributed by atoms with van der Waals surface area (Å²) < 4.78 is 2.46. The van der Waals surface area contributed by atoms with Gasteiger partial charge in [0.2, 0.25) is 0 Å². The van der Waals surface area contributed by atoms with E-state index in [9.17, 15) is 0 Å². The Morgan fingerprint density at radius 1 is 0.333 bits per heavy atom. The molecule has 3 nitrogen and oxygen atoms in total. The Balaban J connectivity index is 1.13. The molecule has 0 saturated carbocycles. The summed E-state index contributed by atoms with van der Waals surface area (Å²) in [7, 11) is 0. The van der Waals surface area contributed by atoms with E-state index in [2.05, 4.69) is 205 Å². The van der Waals surface area contributed by atoms with Gasteiger partial charge in [0.05, 0.1) is 27.9 Å². The molecule has 0 saturated heterocycles. The average molecular weight is 724 g/mol. The Hall–Kier alpha value is -7.62. The van der Waals surface area contributed by atoms with Crippen molar-refractivity contribution in [3.63, 3.8) is 0 Å². The molecule has 0 aliphatic carbocycles. The molecule has 0 spiro atoms. The minimum absolute atomic E-state index is 0.706. The molecule has 3 heteroatoms. The van der Waals surface area contributed by atoms with Crippen molar-refractivity contribution in [2.75, 3.05) is 0 Å². The highest BCUT2D eigenvalue weighted by atomic mass is 15.0. The number of fused-ring (bicyclic) bond motifs is 9. The highest BCUT2D eigenvalue weighted by Gasteiger charge is 2.20. The summed E-state index contributed by atoms with van der Waals surface area (Å²) in [6.07, 6.45) is 0. The lowest BCUT2D eigenvalue weighted by atomic mass is 9.98. The third kappa shape index (κ3) is 4.99. The van der Waals surface area contributed by atoms with Crippen molar-refractivity contribution >= 4 is 75.8 Å². The van der Waals surface area contributed by atoms with E-state index in [-0.39, 0.29) is 0 Å². The van der Waals surface area contributed by atoms with E-state index in [0.717, 1.165) is 55.3 Å². The van der Waals surface area contributed by atoms with Gasteiger partial charge < -0.3 is 4.57 Å². The number of benzene rings is 10. The highest BCUT2D eigenvalue weighted by Crippen LogP contribution is 2.42. The van der Waals surface area contributed by atoms with Gasteiger partial charge in [-0.3, -0.25) is 0 Å². The fraction of sp³-hybridized carbons (Fsp3) is 0. The molecule has 0 fully saturated rings. The number of nitrogens with zero attached hydrogens (tertiary/aromatic N) is 3. The number of hydrogen-bond donors (Lipinski definition) is 0. The second-order valence-electron chi connectivity index (χ2n) is 15.0. The van der Waals surface area contributed by atoms with Crippen LogP contribution in [0.2, 0.25) is 0 Å². The van der Waals surface area contributed by atoms with Crippen LogP contribution in [-0.4, -0.2) is 14.5 Å². The van der Waals surface area contributed by atoms with Crippen molar-refractivity contribution < 1.29 is 0 Å². The van der Waals surface area contributed by atoms with Crippen LogP contribution in [-0.2, 0) is 0 Å². The Labute approximate surface area is 328 Å². The Morgan fingerprint density at radius 3 is 1.81 bits per heavy atom. The van der Waals surface area contributed by atoms with E-state index >= 15 is 0 Å². The van der Waals surface area contributed by atoms with Crippen molar-refractivity contribution in [1.82, 2.24) is 14.5 Å². The third-order valence-corrected chi connectivity index (χ3v) is 11.7. The van der Waals surface area contributed by atoms with Crippen molar-refractivity contribution in [1.29, 1.82) is 0 Å². The van der Waals surface area contributed by atoms with Gasteiger partial charge in [0, 0.05) is 32.7 Å². The lowest BCUT2D eigenvalue weighted by molar-refractivity contribution is 1.19. The molecule has 0 atom stereocenters. The predicted molar refractivity (Wildman–Crippen MR) is 240 cm³/mol. The molecule has 0 N–H and O–H groups in total. The molecule has 2 aromatic heterocycles. The predicted octanol–water partition coefficient (Wildman–Crippen LogP) is 14.3. The minimum atomic E-state index is 0.706. The molecular weight excluding hydrogens is 691 g/mol. The molecule has 0 bridgehead atoms. The van der Waals surface area contributed by atoms with Crippen LogP contribution in [0.25, 0.3) is 115 Å². The van der Waals surface area contributed by atoms with Crippen molar-refractivity contribution in [2.24, 2.45) is 0 Å². The van der Waals surface area contributed by atoms with Crippen LogP contribution < -0.4 is 0 Å². The Kier molecular flexibility index (Phi) is 6.93. The average Bonchev–Trinajstić information content (AvgIpc) is 3.60. The highest BCUT2D eigenvalue weighted by molar-refractivity contribution is 6.24. The largest absolute Gasteiger partial charge is 0.309 e. The topological polar surface area (TPSA) is 30.7 Å². The van der Waals surface area contributed by atoms with Gasteiger partial charge in [-0.05, 0) is 97.4 Å². The molecule has 2 heterocycles. The zero-order chi connectivity index (χ0) is 37.5. The van der Waals surface area contributed by atoms with Gasteiger partial charge in [0.15, 0.2) is 5.82 Å². The van der Waals surface area contributed by atoms with Gasteiger partial charge in [0.25, 0.3) is 0 Å². The summed E-state index contributed by atoms with van der Waals surface area (Å²) in [6.45, 7) is 0.